The molecular weight excluding hydrogens is 470 g/mol. The summed E-state index contributed by atoms with van der Waals surface area (Å²) in [4.78, 5) is 16.0. The molecule has 4 aromatic rings. The zero-order valence-electron chi connectivity index (χ0n) is 19.6. The molecule has 0 fully saturated rings. The highest BCUT2D eigenvalue weighted by molar-refractivity contribution is 7.63. The van der Waals surface area contributed by atoms with Gasteiger partial charge in [-0.15, -0.1) is 10.2 Å². The number of benzene rings is 1. The van der Waals surface area contributed by atoms with E-state index in [9.17, 15) is 9.18 Å². The van der Waals surface area contributed by atoms with Crippen LogP contribution in [0.5, 0.6) is 5.75 Å². The number of nitrogens with two attached hydrogens (primary N) is 1. The summed E-state index contributed by atoms with van der Waals surface area (Å²) in [5.41, 5.74) is 9.06. The number of hydrogen-bond donors (Lipinski definition) is 3. The molecule has 10 nitrogen and oxygen atoms in total. The van der Waals surface area contributed by atoms with Gasteiger partial charge >= 0.3 is 0 Å². The molecule has 1 amide bonds. The van der Waals surface area contributed by atoms with Gasteiger partial charge in [0.05, 0.1) is 35.8 Å². The predicted molar refractivity (Wildman–Crippen MR) is 135 cm³/mol. The van der Waals surface area contributed by atoms with E-state index in [1.54, 1.807) is 19.2 Å². The van der Waals surface area contributed by atoms with E-state index in [0.717, 1.165) is 22.9 Å². The van der Waals surface area contributed by atoms with Crippen LogP contribution in [0.1, 0.15) is 10.5 Å². The summed E-state index contributed by atoms with van der Waals surface area (Å²) in [6.07, 6.45) is 1.08. The number of carbonyl (C=O) groups excluding carboxylic acids is 1. The van der Waals surface area contributed by atoms with Gasteiger partial charge in [-0.2, -0.15) is 5.10 Å². The summed E-state index contributed by atoms with van der Waals surface area (Å²) in [5.74, 6) is -0.0449. The molecule has 1 aromatic carbocycles. The Balaban J connectivity index is 1.72. The van der Waals surface area contributed by atoms with Crippen molar-refractivity contribution in [1.82, 2.24) is 25.0 Å². The standard InChI is InChI=1S/C23H24FN8O2P/c1-32-20(35(3)4)11-16(31-32)14-6-5-7-15(22(14)34-2)27-17-10-19(29-30-21(17)23(25)33)28-18-9-8-13(24)12-26-18/h5-12H,1-4H3,(H2,25,33)(H2,26,27,28,29). The number of aromatic nitrogens is 5. The third-order valence-electron chi connectivity index (χ3n) is 5.09. The molecule has 12 heteroatoms. The van der Waals surface area contributed by atoms with E-state index >= 15 is 0 Å². The number of amides is 1. The number of nitrogens with zero attached hydrogens (tertiary/aromatic N) is 5. The molecule has 0 unspecified atom stereocenters. The Morgan fingerprint density at radius 2 is 1.89 bits per heavy atom. The van der Waals surface area contributed by atoms with Gasteiger partial charge in [-0.05, 0) is 43.7 Å². The lowest BCUT2D eigenvalue weighted by molar-refractivity contribution is 0.0995. The molecule has 0 aliphatic rings. The molecule has 0 bridgehead atoms. The van der Waals surface area contributed by atoms with Crippen LogP contribution < -0.4 is 26.5 Å². The highest BCUT2D eigenvalue weighted by atomic mass is 31.1. The molecule has 0 atom stereocenters. The second-order valence-corrected chi connectivity index (χ2v) is 10.0. The van der Waals surface area contributed by atoms with E-state index in [-0.39, 0.29) is 19.4 Å². The maximum Gasteiger partial charge on any atom is 0.271 e. The van der Waals surface area contributed by atoms with Crippen LogP contribution in [0.4, 0.5) is 27.4 Å². The molecule has 0 aliphatic carbocycles. The Kier molecular flexibility index (Phi) is 6.88. The van der Waals surface area contributed by atoms with Crippen molar-refractivity contribution >= 4 is 42.3 Å². The Morgan fingerprint density at radius 3 is 2.51 bits per heavy atom. The number of pyridine rings is 1. The van der Waals surface area contributed by atoms with Crippen LogP contribution in [0.15, 0.2) is 48.7 Å². The lowest BCUT2D eigenvalue weighted by Gasteiger charge is -2.16. The van der Waals surface area contributed by atoms with E-state index in [0.29, 0.717) is 22.9 Å². The van der Waals surface area contributed by atoms with Crippen molar-refractivity contribution in [3.05, 3.63) is 60.2 Å². The number of aryl methyl sites for hydroxylation is 1. The number of rotatable bonds is 8. The molecule has 3 heterocycles. The summed E-state index contributed by atoms with van der Waals surface area (Å²) in [6.45, 7) is 4.33. The average molecular weight is 494 g/mol. The summed E-state index contributed by atoms with van der Waals surface area (Å²) >= 11 is 0. The van der Waals surface area contributed by atoms with Gasteiger partial charge in [-0.3, -0.25) is 9.48 Å². The average Bonchev–Trinajstić information content (AvgIpc) is 3.22. The maximum absolute atomic E-state index is 13.2. The fourth-order valence-corrected chi connectivity index (χ4v) is 4.52. The van der Waals surface area contributed by atoms with Crippen molar-refractivity contribution in [3.63, 3.8) is 0 Å². The summed E-state index contributed by atoms with van der Waals surface area (Å²) in [5, 5.41) is 18.7. The quantitative estimate of drug-likeness (QED) is 0.318. The zero-order valence-corrected chi connectivity index (χ0v) is 20.5. The van der Waals surface area contributed by atoms with Crippen molar-refractivity contribution in [2.45, 2.75) is 0 Å². The molecule has 0 saturated carbocycles. The molecule has 0 aliphatic heterocycles. The second kappa shape index (κ2) is 10.0. The number of hydrogen-bond acceptors (Lipinski definition) is 8. The second-order valence-electron chi connectivity index (χ2n) is 7.76. The molecule has 35 heavy (non-hydrogen) atoms. The number of nitrogens with one attached hydrogen (secondary N) is 2. The number of primary amides is 1. The Bertz CT molecular complexity index is 1370. The van der Waals surface area contributed by atoms with Crippen LogP contribution in [0, 0.1) is 5.82 Å². The van der Waals surface area contributed by atoms with Crippen molar-refractivity contribution in [2.24, 2.45) is 12.8 Å². The SMILES string of the molecule is COc1c(Nc2cc(Nc3ccc(F)cn3)nnc2C(N)=O)cccc1-c1cc(P(C)C)n(C)n1. The van der Waals surface area contributed by atoms with Gasteiger partial charge < -0.3 is 21.1 Å². The molecule has 3 aromatic heterocycles. The molecule has 4 N–H and O–H groups in total. The minimum absolute atomic E-state index is 0.0576. The van der Waals surface area contributed by atoms with Gasteiger partial charge in [0.15, 0.2) is 17.3 Å². The van der Waals surface area contributed by atoms with E-state index in [1.807, 2.05) is 29.9 Å². The predicted octanol–water partition coefficient (Wildman–Crippen LogP) is 3.37. The number of para-hydroxylation sites is 1. The lowest BCUT2D eigenvalue weighted by atomic mass is 10.1. The van der Waals surface area contributed by atoms with Gasteiger partial charge in [-0.25, -0.2) is 9.37 Å². The van der Waals surface area contributed by atoms with Gasteiger partial charge in [-0.1, -0.05) is 14.0 Å². The van der Waals surface area contributed by atoms with Gasteiger partial charge in [0.1, 0.15) is 11.6 Å². The minimum atomic E-state index is -0.754. The number of carbonyl (C=O) groups is 1. The van der Waals surface area contributed by atoms with Crippen molar-refractivity contribution in [1.29, 1.82) is 0 Å². The summed E-state index contributed by atoms with van der Waals surface area (Å²) in [7, 11) is 3.14. The zero-order chi connectivity index (χ0) is 25.1. The largest absolute Gasteiger partial charge is 0.494 e. The monoisotopic (exact) mass is 494 g/mol. The van der Waals surface area contributed by atoms with E-state index in [2.05, 4.69) is 44.2 Å². The third-order valence-corrected chi connectivity index (χ3v) is 6.42. The van der Waals surface area contributed by atoms with Crippen molar-refractivity contribution in [2.75, 3.05) is 31.1 Å². The first-order valence-electron chi connectivity index (χ1n) is 10.5. The smallest absolute Gasteiger partial charge is 0.271 e. The van der Waals surface area contributed by atoms with Gasteiger partial charge in [0.25, 0.3) is 5.91 Å². The van der Waals surface area contributed by atoms with Crippen LogP contribution >= 0.6 is 7.92 Å². The Morgan fingerprint density at radius 1 is 1.09 bits per heavy atom. The topological polar surface area (TPSA) is 133 Å². The normalized spacial score (nSPS) is 10.9. The van der Waals surface area contributed by atoms with Gasteiger partial charge in [0, 0.05) is 18.7 Å². The van der Waals surface area contributed by atoms with Crippen LogP contribution in [-0.2, 0) is 7.05 Å². The fraction of sp³-hybridized carbons (Fsp3) is 0.174. The summed E-state index contributed by atoms with van der Waals surface area (Å²) < 4.78 is 20.8. The highest BCUT2D eigenvalue weighted by Crippen LogP contribution is 2.38. The third kappa shape index (κ3) is 5.20. The van der Waals surface area contributed by atoms with Crippen LogP contribution in [0.2, 0.25) is 0 Å². The lowest BCUT2D eigenvalue weighted by Crippen LogP contribution is -2.17. The number of ether oxygens (including phenoxy) is 1. The number of anilines is 4. The first-order chi connectivity index (χ1) is 16.8. The number of methoxy groups -OCH3 is 1. The first kappa shape index (κ1) is 24.0. The van der Waals surface area contributed by atoms with Crippen LogP contribution in [0.3, 0.4) is 0 Å². The molecule has 180 valence electrons. The van der Waals surface area contributed by atoms with Crippen molar-refractivity contribution < 1.29 is 13.9 Å². The van der Waals surface area contributed by atoms with Crippen LogP contribution in [0.25, 0.3) is 11.3 Å². The number of halogens is 1. The maximum atomic E-state index is 13.2. The Hall–Kier alpha value is -4.11. The first-order valence-corrected chi connectivity index (χ1v) is 12.7. The van der Waals surface area contributed by atoms with Gasteiger partial charge in [0.2, 0.25) is 0 Å². The van der Waals surface area contributed by atoms with E-state index < -0.39 is 11.7 Å². The van der Waals surface area contributed by atoms with Crippen LogP contribution in [-0.4, -0.2) is 51.3 Å². The molecule has 4 rings (SSSR count). The fourth-order valence-electron chi connectivity index (χ4n) is 3.52. The molecular formula is C23H24FN8O2P. The molecule has 0 spiro atoms. The molecule has 0 saturated heterocycles. The summed E-state index contributed by atoms with van der Waals surface area (Å²) in [6, 6.07) is 11.9. The van der Waals surface area contributed by atoms with Crippen molar-refractivity contribution in [3.8, 4) is 17.0 Å². The Labute approximate surface area is 202 Å². The minimum Gasteiger partial charge on any atom is -0.494 e. The molecule has 0 radical (unpaired) electrons. The van der Waals surface area contributed by atoms with E-state index in [4.69, 9.17) is 10.5 Å². The van der Waals surface area contributed by atoms with E-state index in [1.165, 1.54) is 12.1 Å². The highest BCUT2D eigenvalue weighted by Gasteiger charge is 2.19.